The van der Waals surface area contributed by atoms with Gasteiger partial charge in [0.15, 0.2) is 11.5 Å². The van der Waals surface area contributed by atoms with E-state index in [1.54, 1.807) is 26.4 Å². The zero-order valence-electron chi connectivity index (χ0n) is 13.8. The molecule has 0 fully saturated rings. The van der Waals surface area contributed by atoms with Gasteiger partial charge in [-0.05, 0) is 42.3 Å². The number of hydrogen-bond donors (Lipinski definition) is 2. The summed E-state index contributed by atoms with van der Waals surface area (Å²) in [7, 11) is 3.20. The van der Waals surface area contributed by atoms with E-state index in [-0.39, 0.29) is 12.5 Å². The van der Waals surface area contributed by atoms with Crippen LogP contribution in [0.5, 0.6) is 11.5 Å². The Kier molecular flexibility index (Phi) is 6.75. The molecular formula is C18H21ClN2O3. The summed E-state index contributed by atoms with van der Waals surface area (Å²) >= 11 is 5.90. The Bertz CT molecular complexity index is 692. The Labute approximate surface area is 146 Å². The highest BCUT2D eigenvalue weighted by Gasteiger charge is 2.05. The Morgan fingerprint density at radius 3 is 2.58 bits per heavy atom. The van der Waals surface area contributed by atoms with E-state index in [1.807, 2.05) is 30.3 Å². The zero-order chi connectivity index (χ0) is 17.4. The first-order chi connectivity index (χ1) is 11.6. The van der Waals surface area contributed by atoms with Crippen LogP contribution in [0.3, 0.4) is 0 Å². The smallest absolute Gasteiger partial charge is 0.239 e. The fourth-order valence-corrected chi connectivity index (χ4v) is 2.42. The standard InChI is InChI=1S/C18H21ClN2O3/c1-23-16-7-6-13(10-17(16)24-2)8-9-20-18(22)12-21-15-5-3-4-14(19)11-15/h3-7,10-11,21H,8-9,12H2,1-2H3,(H,20,22). The largest absolute Gasteiger partial charge is 0.493 e. The van der Waals surface area contributed by atoms with Crippen LogP contribution < -0.4 is 20.1 Å². The first kappa shape index (κ1) is 17.9. The zero-order valence-corrected chi connectivity index (χ0v) is 14.5. The van der Waals surface area contributed by atoms with E-state index >= 15 is 0 Å². The van der Waals surface area contributed by atoms with Gasteiger partial charge in [0.2, 0.25) is 5.91 Å². The fraction of sp³-hybridized carbons (Fsp3) is 0.278. The molecule has 0 spiro atoms. The van der Waals surface area contributed by atoms with Crippen molar-refractivity contribution in [2.24, 2.45) is 0 Å². The van der Waals surface area contributed by atoms with Gasteiger partial charge < -0.3 is 20.1 Å². The first-order valence-corrected chi connectivity index (χ1v) is 7.97. The van der Waals surface area contributed by atoms with E-state index in [1.165, 1.54) is 0 Å². The second-order valence-electron chi connectivity index (χ2n) is 5.15. The van der Waals surface area contributed by atoms with Crippen LogP contribution in [0.15, 0.2) is 42.5 Å². The number of amides is 1. The molecule has 0 aliphatic carbocycles. The van der Waals surface area contributed by atoms with Crippen molar-refractivity contribution in [1.29, 1.82) is 0 Å². The predicted molar refractivity (Wildman–Crippen MR) is 96.2 cm³/mol. The summed E-state index contributed by atoms with van der Waals surface area (Å²) in [6.07, 6.45) is 0.712. The van der Waals surface area contributed by atoms with Gasteiger partial charge in [0.05, 0.1) is 20.8 Å². The van der Waals surface area contributed by atoms with Crippen LogP contribution in [0.1, 0.15) is 5.56 Å². The number of ether oxygens (including phenoxy) is 2. The van der Waals surface area contributed by atoms with Crippen molar-refractivity contribution in [3.8, 4) is 11.5 Å². The first-order valence-electron chi connectivity index (χ1n) is 7.59. The molecule has 0 radical (unpaired) electrons. The van der Waals surface area contributed by atoms with Gasteiger partial charge in [-0.1, -0.05) is 23.7 Å². The van der Waals surface area contributed by atoms with Gasteiger partial charge in [0.25, 0.3) is 0 Å². The van der Waals surface area contributed by atoms with Crippen molar-refractivity contribution >= 4 is 23.2 Å². The lowest BCUT2D eigenvalue weighted by molar-refractivity contribution is -0.119. The van der Waals surface area contributed by atoms with Gasteiger partial charge in [-0.15, -0.1) is 0 Å². The summed E-state index contributed by atoms with van der Waals surface area (Å²) in [5, 5.41) is 6.54. The summed E-state index contributed by atoms with van der Waals surface area (Å²) < 4.78 is 10.5. The average Bonchev–Trinajstić information content (AvgIpc) is 2.60. The van der Waals surface area contributed by atoms with Crippen LogP contribution in [-0.2, 0) is 11.2 Å². The Morgan fingerprint density at radius 2 is 1.88 bits per heavy atom. The molecule has 0 unspecified atom stereocenters. The molecule has 2 rings (SSSR count). The molecule has 128 valence electrons. The van der Waals surface area contributed by atoms with Gasteiger partial charge in [-0.2, -0.15) is 0 Å². The number of rotatable bonds is 8. The van der Waals surface area contributed by atoms with E-state index in [0.717, 1.165) is 11.3 Å². The maximum atomic E-state index is 11.9. The van der Waals surface area contributed by atoms with Crippen LogP contribution >= 0.6 is 11.6 Å². The number of nitrogens with one attached hydrogen (secondary N) is 2. The monoisotopic (exact) mass is 348 g/mol. The lowest BCUT2D eigenvalue weighted by Gasteiger charge is -2.10. The van der Waals surface area contributed by atoms with Crippen molar-refractivity contribution in [1.82, 2.24) is 5.32 Å². The lowest BCUT2D eigenvalue weighted by atomic mass is 10.1. The molecule has 5 nitrogen and oxygen atoms in total. The minimum atomic E-state index is -0.0737. The number of hydrogen-bond acceptors (Lipinski definition) is 4. The molecule has 0 aromatic heterocycles. The molecule has 0 heterocycles. The maximum absolute atomic E-state index is 11.9. The van der Waals surface area contributed by atoms with E-state index in [9.17, 15) is 4.79 Å². The van der Waals surface area contributed by atoms with Crippen molar-refractivity contribution in [3.63, 3.8) is 0 Å². The summed E-state index contributed by atoms with van der Waals surface area (Å²) in [5.41, 5.74) is 1.88. The van der Waals surface area contributed by atoms with E-state index < -0.39 is 0 Å². The van der Waals surface area contributed by atoms with Crippen LogP contribution in [0.25, 0.3) is 0 Å². The Balaban J connectivity index is 1.76. The molecule has 6 heteroatoms. The summed E-state index contributed by atoms with van der Waals surface area (Å²) in [5.74, 6) is 1.30. The van der Waals surface area contributed by atoms with Crippen molar-refractivity contribution < 1.29 is 14.3 Å². The summed E-state index contributed by atoms with van der Waals surface area (Å²) in [6, 6.07) is 13.0. The normalized spacial score (nSPS) is 10.1. The van der Waals surface area contributed by atoms with E-state index in [0.29, 0.717) is 29.5 Å². The summed E-state index contributed by atoms with van der Waals surface area (Å²) in [6.45, 7) is 0.748. The van der Waals surface area contributed by atoms with Gasteiger partial charge in [-0.25, -0.2) is 0 Å². The van der Waals surface area contributed by atoms with Crippen LogP contribution in [0.2, 0.25) is 5.02 Å². The molecule has 2 N–H and O–H groups in total. The third-order valence-corrected chi connectivity index (χ3v) is 3.70. The molecule has 0 aliphatic heterocycles. The van der Waals surface area contributed by atoms with Gasteiger partial charge >= 0.3 is 0 Å². The predicted octanol–water partition coefficient (Wildman–Crippen LogP) is 3.13. The molecule has 0 bridgehead atoms. The SMILES string of the molecule is COc1ccc(CCNC(=O)CNc2cccc(Cl)c2)cc1OC. The van der Waals surface area contributed by atoms with Crippen molar-refractivity contribution in [2.75, 3.05) is 32.6 Å². The highest BCUT2D eigenvalue weighted by Crippen LogP contribution is 2.27. The fourth-order valence-electron chi connectivity index (χ4n) is 2.23. The van der Waals surface area contributed by atoms with Gasteiger partial charge in [0.1, 0.15) is 0 Å². The quantitative estimate of drug-likeness (QED) is 0.769. The highest BCUT2D eigenvalue weighted by molar-refractivity contribution is 6.30. The second kappa shape index (κ2) is 9.03. The Hall–Kier alpha value is -2.40. The molecule has 0 saturated heterocycles. The summed E-state index contributed by atoms with van der Waals surface area (Å²) in [4.78, 5) is 11.9. The Morgan fingerprint density at radius 1 is 1.08 bits per heavy atom. The van der Waals surface area contributed by atoms with Crippen molar-refractivity contribution in [3.05, 3.63) is 53.1 Å². The lowest BCUT2D eigenvalue weighted by Crippen LogP contribution is -2.31. The van der Waals surface area contributed by atoms with E-state index in [4.69, 9.17) is 21.1 Å². The molecule has 0 aliphatic rings. The molecule has 24 heavy (non-hydrogen) atoms. The van der Waals surface area contributed by atoms with Crippen LogP contribution in [0, 0.1) is 0 Å². The number of methoxy groups -OCH3 is 2. The number of benzene rings is 2. The molecule has 2 aromatic rings. The van der Waals surface area contributed by atoms with Crippen molar-refractivity contribution in [2.45, 2.75) is 6.42 Å². The number of carbonyl (C=O) groups excluding carboxylic acids is 1. The third-order valence-electron chi connectivity index (χ3n) is 3.46. The maximum Gasteiger partial charge on any atom is 0.239 e. The number of anilines is 1. The average molecular weight is 349 g/mol. The minimum absolute atomic E-state index is 0.0737. The molecule has 1 amide bonds. The molecule has 0 saturated carbocycles. The molecular weight excluding hydrogens is 328 g/mol. The van der Waals surface area contributed by atoms with Crippen LogP contribution in [-0.4, -0.2) is 33.2 Å². The van der Waals surface area contributed by atoms with E-state index in [2.05, 4.69) is 10.6 Å². The second-order valence-corrected chi connectivity index (χ2v) is 5.59. The minimum Gasteiger partial charge on any atom is -0.493 e. The van der Waals surface area contributed by atoms with Gasteiger partial charge in [-0.3, -0.25) is 4.79 Å². The molecule has 0 atom stereocenters. The molecule has 2 aromatic carbocycles. The topological polar surface area (TPSA) is 59.6 Å². The third kappa shape index (κ3) is 5.35. The van der Waals surface area contributed by atoms with Gasteiger partial charge in [0, 0.05) is 17.3 Å². The van der Waals surface area contributed by atoms with Crippen LogP contribution in [0.4, 0.5) is 5.69 Å². The highest BCUT2D eigenvalue weighted by atomic mass is 35.5. The number of halogens is 1. The number of carbonyl (C=O) groups is 1.